The van der Waals surface area contributed by atoms with Crippen LogP contribution in [0, 0.1) is 0 Å². The molecule has 0 spiro atoms. The van der Waals surface area contributed by atoms with Crippen LogP contribution in [0.4, 0.5) is 11.8 Å². The van der Waals surface area contributed by atoms with Crippen LogP contribution in [-0.2, 0) is 5.41 Å². The van der Waals surface area contributed by atoms with Crippen molar-refractivity contribution >= 4 is 11.8 Å². The molecule has 3 heterocycles. The third kappa shape index (κ3) is 5.15. The van der Waals surface area contributed by atoms with E-state index in [9.17, 15) is 5.11 Å². The van der Waals surface area contributed by atoms with Gasteiger partial charge in [0.2, 0.25) is 5.95 Å². The molecule has 1 aromatic carbocycles. The summed E-state index contributed by atoms with van der Waals surface area (Å²) in [5.74, 6) is 1.88. The molecule has 9 nitrogen and oxygen atoms in total. The van der Waals surface area contributed by atoms with Gasteiger partial charge in [0.25, 0.3) is 5.89 Å². The van der Waals surface area contributed by atoms with E-state index in [1.165, 1.54) is 0 Å². The second-order valence-electron chi connectivity index (χ2n) is 9.05. The van der Waals surface area contributed by atoms with Gasteiger partial charge in [-0.3, -0.25) is 0 Å². The van der Waals surface area contributed by atoms with Gasteiger partial charge in [-0.2, -0.15) is 4.98 Å². The first-order chi connectivity index (χ1) is 15.6. The van der Waals surface area contributed by atoms with Gasteiger partial charge in [0.05, 0.1) is 16.6 Å². The molecular weight excluding hydrogens is 418 g/mol. The fraction of sp³-hybridized carbons (Fsp3) is 0.292. The number of anilines is 2. The standard InChI is InChI=1S/C24H27N7O2/c1-23(2,32)14-29-19-10-7-16(11-26-19)20-30-21(31-33-20)24(3,4)18-8-5-15(6-9-18)17-12-27-22(25)28-13-17/h5-13,32H,14H2,1-4H3,(H,26,29)(H2,25,27,28). The summed E-state index contributed by atoms with van der Waals surface area (Å²) in [6, 6.07) is 11.8. The van der Waals surface area contributed by atoms with E-state index in [0.717, 1.165) is 22.3 Å². The van der Waals surface area contributed by atoms with E-state index in [2.05, 4.69) is 30.4 Å². The minimum atomic E-state index is -0.825. The van der Waals surface area contributed by atoms with Gasteiger partial charge in [0.15, 0.2) is 5.82 Å². The molecular formula is C24H27N7O2. The predicted octanol–water partition coefficient (Wildman–Crippen LogP) is 3.68. The third-order valence-electron chi connectivity index (χ3n) is 5.31. The molecule has 170 valence electrons. The monoisotopic (exact) mass is 445 g/mol. The number of hydrogen-bond acceptors (Lipinski definition) is 9. The summed E-state index contributed by atoms with van der Waals surface area (Å²) in [5.41, 5.74) is 7.92. The lowest BCUT2D eigenvalue weighted by atomic mass is 9.83. The van der Waals surface area contributed by atoms with Crippen LogP contribution in [0.15, 0.2) is 59.5 Å². The molecule has 0 aliphatic rings. The number of benzene rings is 1. The Hall–Kier alpha value is -3.85. The van der Waals surface area contributed by atoms with Crippen LogP contribution in [0.3, 0.4) is 0 Å². The molecule has 3 aromatic heterocycles. The molecule has 0 saturated carbocycles. The van der Waals surface area contributed by atoms with Crippen molar-refractivity contribution in [3.63, 3.8) is 0 Å². The number of rotatable bonds is 7. The van der Waals surface area contributed by atoms with Crippen LogP contribution in [-0.4, -0.2) is 42.3 Å². The maximum atomic E-state index is 9.83. The normalized spacial score (nSPS) is 12.0. The zero-order valence-electron chi connectivity index (χ0n) is 19.1. The molecule has 4 rings (SSSR count). The molecule has 0 aliphatic carbocycles. The van der Waals surface area contributed by atoms with E-state index in [1.807, 2.05) is 50.2 Å². The van der Waals surface area contributed by atoms with E-state index in [0.29, 0.717) is 24.1 Å². The molecule has 9 heteroatoms. The first-order valence-electron chi connectivity index (χ1n) is 10.6. The van der Waals surface area contributed by atoms with E-state index in [1.54, 1.807) is 32.4 Å². The van der Waals surface area contributed by atoms with E-state index < -0.39 is 11.0 Å². The Balaban J connectivity index is 1.50. The molecule has 4 N–H and O–H groups in total. The Labute approximate surface area is 192 Å². The Bertz CT molecular complexity index is 1210. The number of nitrogens with zero attached hydrogens (tertiary/aromatic N) is 5. The van der Waals surface area contributed by atoms with Crippen LogP contribution < -0.4 is 11.1 Å². The van der Waals surface area contributed by atoms with Crippen LogP contribution in [0.2, 0.25) is 0 Å². The molecule has 0 saturated heterocycles. The number of hydrogen-bond donors (Lipinski definition) is 3. The molecule has 0 fully saturated rings. The summed E-state index contributed by atoms with van der Waals surface area (Å²) >= 11 is 0. The maximum Gasteiger partial charge on any atom is 0.259 e. The van der Waals surface area contributed by atoms with Crippen molar-refractivity contribution in [1.29, 1.82) is 0 Å². The predicted molar refractivity (Wildman–Crippen MR) is 126 cm³/mol. The summed E-state index contributed by atoms with van der Waals surface area (Å²) in [6.07, 6.45) is 5.07. The van der Waals surface area contributed by atoms with Crippen molar-refractivity contribution in [2.24, 2.45) is 0 Å². The lowest BCUT2D eigenvalue weighted by Crippen LogP contribution is -2.29. The highest BCUT2D eigenvalue weighted by Crippen LogP contribution is 2.32. The lowest BCUT2D eigenvalue weighted by molar-refractivity contribution is 0.0944. The Morgan fingerprint density at radius 3 is 2.12 bits per heavy atom. The van der Waals surface area contributed by atoms with E-state index >= 15 is 0 Å². The van der Waals surface area contributed by atoms with Crippen LogP contribution >= 0.6 is 0 Å². The molecule has 0 atom stereocenters. The van der Waals surface area contributed by atoms with Crippen molar-refractivity contribution in [1.82, 2.24) is 25.1 Å². The number of nitrogens with two attached hydrogens (primary N) is 1. The van der Waals surface area contributed by atoms with Gasteiger partial charge < -0.3 is 20.7 Å². The van der Waals surface area contributed by atoms with Crippen LogP contribution in [0.5, 0.6) is 0 Å². The zero-order valence-corrected chi connectivity index (χ0v) is 19.1. The Kier molecular flexibility index (Phi) is 5.82. The van der Waals surface area contributed by atoms with Crippen molar-refractivity contribution in [3.8, 4) is 22.6 Å². The molecule has 33 heavy (non-hydrogen) atoms. The van der Waals surface area contributed by atoms with Gasteiger partial charge in [-0.25, -0.2) is 15.0 Å². The molecule has 0 amide bonds. The van der Waals surface area contributed by atoms with Crippen molar-refractivity contribution in [3.05, 3.63) is 66.4 Å². The van der Waals surface area contributed by atoms with Gasteiger partial charge in [-0.15, -0.1) is 0 Å². The minimum absolute atomic E-state index is 0.250. The molecule has 4 aromatic rings. The average molecular weight is 446 g/mol. The maximum absolute atomic E-state index is 9.83. The highest BCUT2D eigenvalue weighted by molar-refractivity contribution is 5.62. The first-order valence-corrected chi connectivity index (χ1v) is 10.6. The fourth-order valence-corrected chi connectivity index (χ4v) is 3.22. The summed E-state index contributed by atoms with van der Waals surface area (Å²) in [7, 11) is 0. The van der Waals surface area contributed by atoms with Crippen molar-refractivity contribution in [2.45, 2.75) is 38.7 Å². The minimum Gasteiger partial charge on any atom is -0.389 e. The number of pyridine rings is 1. The molecule has 0 bridgehead atoms. The smallest absolute Gasteiger partial charge is 0.259 e. The Morgan fingerprint density at radius 1 is 0.879 bits per heavy atom. The number of aliphatic hydroxyl groups is 1. The number of aromatic nitrogens is 5. The van der Waals surface area contributed by atoms with Gasteiger partial charge in [-0.05, 0) is 51.0 Å². The lowest BCUT2D eigenvalue weighted by Gasteiger charge is -2.21. The average Bonchev–Trinajstić information content (AvgIpc) is 3.29. The van der Waals surface area contributed by atoms with E-state index in [-0.39, 0.29) is 5.95 Å². The Morgan fingerprint density at radius 2 is 1.52 bits per heavy atom. The van der Waals surface area contributed by atoms with Crippen LogP contribution in [0.25, 0.3) is 22.6 Å². The molecule has 0 aliphatic heterocycles. The van der Waals surface area contributed by atoms with Gasteiger partial charge in [0, 0.05) is 30.7 Å². The second kappa shape index (κ2) is 8.59. The van der Waals surface area contributed by atoms with Crippen molar-refractivity contribution < 1.29 is 9.63 Å². The topological polar surface area (TPSA) is 136 Å². The number of nitrogens with one attached hydrogen (secondary N) is 1. The summed E-state index contributed by atoms with van der Waals surface area (Å²) in [4.78, 5) is 17.1. The summed E-state index contributed by atoms with van der Waals surface area (Å²) in [6.45, 7) is 7.95. The number of nitrogen functional groups attached to an aromatic ring is 1. The van der Waals surface area contributed by atoms with Gasteiger partial charge in [-0.1, -0.05) is 29.4 Å². The second-order valence-corrected chi connectivity index (χ2v) is 9.05. The zero-order chi connectivity index (χ0) is 23.6. The van der Waals surface area contributed by atoms with Gasteiger partial charge in [0.1, 0.15) is 5.82 Å². The highest BCUT2D eigenvalue weighted by Gasteiger charge is 2.29. The quantitative estimate of drug-likeness (QED) is 0.389. The fourth-order valence-electron chi connectivity index (χ4n) is 3.22. The van der Waals surface area contributed by atoms with Crippen molar-refractivity contribution in [2.75, 3.05) is 17.6 Å². The molecule has 0 unspecified atom stereocenters. The third-order valence-corrected chi connectivity index (χ3v) is 5.31. The van der Waals surface area contributed by atoms with Crippen LogP contribution in [0.1, 0.15) is 39.1 Å². The largest absolute Gasteiger partial charge is 0.389 e. The summed E-state index contributed by atoms with van der Waals surface area (Å²) < 4.78 is 5.53. The van der Waals surface area contributed by atoms with E-state index in [4.69, 9.17) is 10.3 Å². The molecule has 0 radical (unpaired) electrons. The SMILES string of the molecule is CC(C)(O)CNc1ccc(-c2nc(C(C)(C)c3ccc(-c4cnc(N)nc4)cc3)no2)cn1. The highest BCUT2D eigenvalue weighted by atomic mass is 16.5. The first kappa shape index (κ1) is 22.3. The van der Waals surface area contributed by atoms with Gasteiger partial charge >= 0.3 is 0 Å². The summed E-state index contributed by atoms with van der Waals surface area (Å²) in [5, 5.41) is 17.2.